The molecule has 38 heavy (non-hydrogen) atoms. The summed E-state index contributed by atoms with van der Waals surface area (Å²) >= 11 is 1.59. The Morgan fingerprint density at radius 2 is 1.66 bits per heavy atom. The molecule has 1 aromatic heterocycles. The molecular formula is C31H33NO5S. The molecule has 0 spiro atoms. The Kier molecular flexibility index (Phi) is 9.76. The van der Waals surface area contributed by atoms with Crippen LogP contribution in [0.5, 0.6) is 23.0 Å². The van der Waals surface area contributed by atoms with Crippen molar-refractivity contribution in [3.8, 4) is 34.3 Å². The van der Waals surface area contributed by atoms with Crippen molar-refractivity contribution < 1.29 is 23.7 Å². The van der Waals surface area contributed by atoms with E-state index in [9.17, 15) is 4.79 Å². The van der Waals surface area contributed by atoms with Gasteiger partial charge in [-0.25, -0.2) is 9.78 Å². The first-order valence-corrected chi connectivity index (χ1v) is 13.8. The highest BCUT2D eigenvalue weighted by atomic mass is 32.1. The molecule has 0 aliphatic rings. The molecule has 198 valence electrons. The molecule has 0 aliphatic heterocycles. The maximum atomic E-state index is 12.2. The number of hydrogen-bond acceptors (Lipinski definition) is 7. The zero-order chi connectivity index (χ0) is 26.7. The molecule has 0 saturated heterocycles. The summed E-state index contributed by atoms with van der Waals surface area (Å²) in [5.41, 5.74) is 6.47. The first-order chi connectivity index (χ1) is 18.6. The van der Waals surface area contributed by atoms with E-state index in [4.69, 9.17) is 18.9 Å². The molecular weight excluding hydrogens is 498 g/mol. The second-order valence-electron chi connectivity index (χ2n) is 8.67. The lowest BCUT2D eigenvalue weighted by molar-refractivity contribution is 0.0598. The largest absolute Gasteiger partial charge is 0.493 e. The van der Waals surface area contributed by atoms with Crippen molar-refractivity contribution in [2.45, 2.75) is 39.5 Å². The summed E-state index contributed by atoms with van der Waals surface area (Å²) in [4.78, 5) is 16.6. The number of hydrogen-bond donors (Lipinski definition) is 0. The number of aryl methyl sites for hydroxylation is 1. The van der Waals surface area contributed by atoms with Gasteiger partial charge >= 0.3 is 5.97 Å². The van der Waals surface area contributed by atoms with Crippen molar-refractivity contribution in [1.29, 1.82) is 0 Å². The number of ether oxygens (including phenoxy) is 4. The third kappa shape index (κ3) is 6.72. The number of carbonyl (C=O) groups is 1. The second-order valence-corrected chi connectivity index (χ2v) is 9.39. The molecule has 0 aliphatic carbocycles. The van der Waals surface area contributed by atoms with Crippen molar-refractivity contribution >= 4 is 17.3 Å². The minimum absolute atomic E-state index is 0.381. The van der Waals surface area contributed by atoms with Crippen LogP contribution in [0.3, 0.4) is 0 Å². The molecule has 0 fully saturated rings. The summed E-state index contributed by atoms with van der Waals surface area (Å²) < 4.78 is 23.4. The Hall–Kier alpha value is -3.84. The number of aromatic nitrogens is 1. The molecule has 4 aromatic rings. The normalized spacial score (nSPS) is 10.7. The fraction of sp³-hybridized carbons (Fsp3) is 0.290. The molecule has 6 nitrogen and oxygen atoms in total. The van der Waals surface area contributed by atoms with Gasteiger partial charge in [0.25, 0.3) is 0 Å². The van der Waals surface area contributed by atoms with Gasteiger partial charge < -0.3 is 18.9 Å². The van der Waals surface area contributed by atoms with Crippen LogP contribution in [0.4, 0.5) is 0 Å². The first kappa shape index (κ1) is 27.2. The van der Waals surface area contributed by atoms with Crippen molar-refractivity contribution in [3.05, 3.63) is 88.2 Å². The number of nitrogens with zero attached hydrogens (tertiary/aromatic N) is 1. The van der Waals surface area contributed by atoms with Crippen LogP contribution >= 0.6 is 11.3 Å². The van der Waals surface area contributed by atoms with Gasteiger partial charge in [-0.3, -0.25) is 0 Å². The topological polar surface area (TPSA) is 66.9 Å². The van der Waals surface area contributed by atoms with Crippen molar-refractivity contribution in [2.75, 3.05) is 20.3 Å². The van der Waals surface area contributed by atoms with Crippen LogP contribution in [0, 0.1) is 0 Å². The molecule has 4 rings (SSSR count). The van der Waals surface area contributed by atoms with E-state index in [0.717, 1.165) is 54.0 Å². The molecule has 0 atom stereocenters. The quantitative estimate of drug-likeness (QED) is 0.130. The summed E-state index contributed by atoms with van der Waals surface area (Å²) in [5.74, 6) is 2.37. The van der Waals surface area contributed by atoms with Crippen LogP contribution < -0.4 is 14.2 Å². The Labute approximate surface area is 228 Å². The number of esters is 1. The Morgan fingerprint density at radius 1 is 0.895 bits per heavy atom. The van der Waals surface area contributed by atoms with Gasteiger partial charge in [0.15, 0.2) is 0 Å². The number of thiazole rings is 1. The average Bonchev–Trinajstić information content (AvgIpc) is 3.49. The summed E-state index contributed by atoms with van der Waals surface area (Å²) in [5, 5.41) is 2.05. The highest BCUT2D eigenvalue weighted by Crippen LogP contribution is 2.35. The van der Waals surface area contributed by atoms with Crippen LogP contribution in [0.15, 0.2) is 71.6 Å². The van der Waals surface area contributed by atoms with E-state index < -0.39 is 5.97 Å². The fourth-order valence-corrected chi connectivity index (χ4v) is 4.72. The maximum absolute atomic E-state index is 12.2. The van der Waals surface area contributed by atoms with Gasteiger partial charge in [-0.05, 0) is 60.9 Å². The van der Waals surface area contributed by atoms with Crippen LogP contribution in [0.25, 0.3) is 11.3 Å². The van der Waals surface area contributed by atoms with Crippen LogP contribution in [0.1, 0.15) is 48.2 Å². The lowest BCUT2D eigenvalue weighted by Crippen LogP contribution is -2.08. The third-order valence-electron chi connectivity index (χ3n) is 6.08. The summed E-state index contributed by atoms with van der Waals surface area (Å²) in [6.07, 6.45) is 3.33. The van der Waals surface area contributed by atoms with Crippen molar-refractivity contribution in [2.24, 2.45) is 0 Å². The van der Waals surface area contributed by atoms with Gasteiger partial charge in [0.1, 0.15) is 28.6 Å². The lowest BCUT2D eigenvalue weighted by Gasteiger charge is -2.17. The van der Waals surface area contributed by atoms with Crippen molar-refractivity contribution in [1.82, 2.24) is 4.98 Å². The Morgan fingerprint density at radius 3 is 2.39 bits per heavy atom. The molecule has 0 saturated carbocycles. The first-order valence-electron chi connectivity index (χ1n) is 12.9. The second kappa shape index (κ2) is 13.6. The van der Waals surface area contributed by atoms with E-state index in [2.05, 4.69) is 36.3 Å². The minimum atomic E-state index is -0.436. The Bertz CT molecular complexity index is 1340. The van der Waals surface area contributed by atoms with E-state index in [0.29, 0.717) is 30.3 Å². The zero-order valence-electron chi connectivity index (χ0n) is 22.1. The number of para-hydroxylation sites is 1. The zero-order valence-corrected chi connectivity index (χ0v) is 22.9. The summed E-state index contributed by atoms with van der Waals surface area (Å²) in [7, 11) is 1.36. The molecule has 0 radical (unpaired) electrons. The van der Waals surface area contributed by atoms with Crippen LogP contribution in [-0.2, 0) is 17.6 Å². The summed E-state index contributed by atoms with van der Waals surface area (Å²) in [6.45, 7) is 5.30. The third-order valence-corrected chi connectivity index (χ3v) is 6.66. The fourth-order valence-electron chi connectivity index (χ4n) is 4.16. The Balaban J connectivity index is 1.38. The van der Waals surface area contributed by atoms with Gasteiger partial charge in [-0.2, -0.15) is 0 Å². The van der Waals surface area contributed by atoms with Gasteiger partial charge in [0.2, 0.25) is 0 Å². The molecule has 0 amide bonds. The summed E-state index contributed by atoms with van der Waals surface area (Å²) in [6, 6.07) is 19.1. The number of benzene rings is 3. The molecule has 0 N–H and O–H groups in total. The molecule has 3 aromatic carbocycles. The predicted molar refractivity (Wildman–Crippen MR) is 151 cm³/mol. The van der Waals surface area contributed by atoms with Crippen LogP contribution in [-0.4, -0.2) is 31.3 Å². The molecule has 7 heteroatoms. The lowest BCUT2D eigenvalue weighted by atomic mass is 10.1. The predicted octanol–water partition coefficient (Wildman–Crippen LogP) is 7.75. The smallest absolute Gasteiger partial charge is 0.341 e. The van der Waals surface area contributed by atoms with Gasteiger partial charge in [-0.15, -0.1) is 11.3 Å². The SMILES string of the molecule is CCCc1c(OCCCOc2ccc(-c3cscn3)cc2CC)cccc1Oc1ccccc1C(=O)OC. The molecule has 0 unspecified atom stereocenters. The van der Waals surface area contributed by atoms with E-state index >= 15 is 0 Å². The number of rotatable bonds is 13. The van der Waals surface area contributed by atoms with Gasteiger partial charge in [-0.1, -0.05) is 38.5 Å². The van der Waals surface area contributed by atoms with E-state index in [-0.39, 0.29) is 0 Å². The van der Waals surface area contributed by atoms with Crippen LogP contribution in [0.2, 0.25) is 0 Å². The minimum Gasteiger partial charge on any atom is -0.493 e. The van der Waals surface area contributed by atoms with Gasteiger partial charge in [0, 0.05) is 22.9 Å². The van der Waals surface area contributed by atoms with E-state index in [1.165, 1.54) is 12.7 Å². The standard InChI is InChI=1S/C31H33NO5S/c1-4-10-24-28(13-8-14-29(24)37-30-12-7-6-11-25(30)31(33)34-3)36-18-9-17-35-27-16-15-23(19-22(27)5-2)26-20-38-21-32-26/h6-8,11-16,19-21H,4-5,9-10,17-18H2,1-3H3. The highest BCUT2D eigenvalue weighted by Gasteiger charge is 2.16. The molecule has 1 heterocycles. The van der Waals surface area contributed by atoms with Gasteiger partial charge in [0.05, 0.1) is 31.5 Å². The van der Waals surface area contributed by atoms with E-state index in [1.54, 1.807) is 29.5 Å². The monoisotopic (exact) mass is 531 g/mol. The number of carbonyl (C=O) groups excluding carboxylic acids is 1. The van der Waals surface area contributed by atoms with Crippen molar-refractivity contribution in [3.63, 3.8) is 0 Å². The molecule has 0 bridgehead atoms. The highest BCUT2D eigenvalue weighted by molar-refractivity contribution is 7.07. The number of methoxy groups -OCH3 is 1. The average molecular weight is 532 g/mol. The maximum Gasteiger partial charge on any atom is 0.341 e. The van der Waals surface area contributed by atoms with E-state index in [1.807, 2.05) is 35.8 Å².